The zero-order valence-corrected chi connectivity index (χ0v) is 16.7. The first-order valence-electron chi connectivity index (χ1n) is 9.95. The number of carbonyl (C=O) groups excluding carboxylic acids is 1. The molecule has 0 bridgehead atoms. The molecule has 0 N–H and O–H groups in total. The van der Waals surface area contributed by atoms with Gasteiger partial charge < -0.3 is 9.64 Å². The van der Waals surface area contributed by atoms with Crippen molar-refractivity contribution in [2.45, 2.75) is 32.7 Å². The van der Waals surface area contributed by atoms with E-state index >= 15 is 0 Å². The normalized spacial score (nSPS) is 19.2. The molecule has 1 aromatic carbocycles. The molecular weight excluding hydrogens is 366 g/mol. The zero-order valence-electron chi connectivity index (χ0n) is 16.7. The summed E-state index contributed by atoms with van der Waals surface area (Å²) in [6, 6.07) is 13.4. The van der Waals surface area contributed by atoms with Gasteiger partial charge in [0.05, 0.1) is 30.3 Å². The van der Waals surface area contributed by atoms with Crippen molar-refractivity contribution >= 4 is 5.91 Å². The van der Waals surface area contributed by atoms with E-state index in [0.29, 0.717) is 30.3 Å². The number of carbonyl (C=O) groups is 1. The maximum absolute atomic E-state index is 13.4. The molecule has 29 heavy (non-hydrogen) atoms. The van der Waals surface area contributed by atoms with Crippen LogP contribution >= 0.6 is 0 Å². The van der Waals surface area contributed by atoms with E-state index in [4.69, 9.17) is 4.74 Å². The molecule has 1 fully saturated rings. The van der Waals surface area contributed by atoms with Crippen molar-refractivity contribution in [1.29, 1.82) is 0 Å². The average molecular weight is 391 g/mol. The Labute approximate surface area is 170 Å². The lowest BCUT2D eigenvalue weighted by Crippen LogP contribution is -2.47. The summed E-state index contributed by atoms with van der Waals surface area (Å²) >= 11 is 0. The molecule has 7 nitrogen and oxygen atoms in total. The van der Waals surface area contributed by atoms with Crippen molar-refractivity contribution in [2.75, 3.05) is 13.2 Å². The van der Waals surface area contributed by atoms with Gasteiger partial charge in [0.25, 0.3) is 5.91 Å². The first kappa shape index (κ1) is 19.1. The Morgan fingerprint density at radius 1 is 1.10 bits per heavy atom. The van der Waals surface area contributed by atoms with Gasteiger partial charge in [-0.1, -0.05) is 18.2 Å². The summed E-state index contributed by atoms with van der Waals surface area (Å²) in [6.45, 7) is 5.26. The largest absolute Gasteiger partial charge is 0.477 e. The standard InChI is InChI=1S/C22H25N5O2/c1-16-6-5-9-21(25-16)29-15-18-11-10-17(2)26(14-18)22(28)19-7-3-4-8-20(19)27-23-12-13-24-27/h3-9,12-13,17-18H,10-11,14-15H2,1-2H3/t17-,18-/m0/s1. The highest BCUT2D eigenvalue weighted by Crippen LogP contribution is 2.26. The van der Waals surface area contributed by atoms with E-state index in [2.05, 4.69) is 22.1 Å². The molecular formula is C22H25N5O2. The predicted molar refractivity (Wildman–Crippen MR) is 109 cm³/mol. The second-order valence-corrected chi connectivity index (χ2v) is 7.51. The van der Waals surface area contributed by atoms with Crippen molar-refractivity contribution < 1.29 is 9.53 Å². The van der Waals surface area contributed by atoms with Crippen LogP contribution in [0.4, 0.5) is 0 Å². The number of piperidine rings is 1. The SMILES string of the molecule is Cc1cccc(OC[C@H]2CC[C@H](C)N(C(=O)c3ccccc3-n3nccn3)C2)n1. The second-order valence-electron chi connectivity index (χ2n) is 7.51. The monoisotopic (exact) mass is 391 g/mol. The van der Waals surface area contributed by atoms with Gasteiger partial charge in [0, 0.05) is 30.3 Å². The Kier molecular flexibility index (Phi) is 5.55. The van der Waals surface area contributed by atoms with Crippen molar-refractivity contribution in [3.63, 3.8) is 0 Å². The number of pyridine rings is 1. The van der Waals surface area contributed by atoms with E-state index in [-0.39, 0.29) is 17.9 Å². The third-order valence-electron chi connectivity index (χ3n) is 5.34. The van der Waals surface area contributed by atoms with Crippen molar-refractivity contribution in [3.8, 4) is 11.6 Å². The van der Waals surface area contributed by atoms with Crippen LogP contribution in [-0.4, -0.2) is 50.0 Å². The van der Waals surface area contributed by atoms with Crippen LogP contribution in [0, 0.1) is 12.8 Å². The quantitative estimate of drug-likeness (QED) is 0.667. The number of rotatable bonds is 5. The molecule has 4 rings (SSSR count). The molecule has 3 aromatic rings. The summed E-state index contributed by atoms with van der Waals surface area (Å²) < 4.78 is 5.90. The van der Waals surface area contributed by atoms with E-state index in [1.165, 1.54) is 4.80 Å². The number of hydrogen-bond donors (Lipinski definition) is 0. The number of aryl methyl sites for hydroxylation is 1. The molecule has 0 unspecified atom stereocenters. The van der Waals surface area contributed by atoms with Gasteiger partial charge in [0.15, 0.2) is 0 Å². The van der Waals surface area contributed by atoms with Gasteiger partial charge in [0.1, 0.15) is 0 Å². The van der Waals surface area contributed by atoms with Gasteiger partial charge in [-0.05, 0) is 44.9 Å². The first-order chi connectivity index (χ1) is 14.1. The lowest BCUT2D eigenvalue weighted by Gasteiger charge is -2.38. The van der Waals surface area contributed by atoms with Gasteiger partial charge in [-0.25, -0.2) is 4.98 Å². The van der Waals surface area contributed by atoms with Crippen LogP contribution < -0.4 is 4.74 Å². The van der Waals surface area contributed by atoms with Crippen molar-refractivity contribution in [3.05, 3.63) is 66.1 Å². The number of amides is 1. The number of aromatic nitrogens is 4. The number of para-hydroxylation sites is 1. The minimum absolute atomic E-state index is 0.00350. The summed E-state index contributed by atoms with van der Waals surface area (Å²) in [4.78, 5) is 21.2. The Bertz CT molecular complexity index is 973. The molecule has 1 saturated heterocycles. The molecule has 0 spiro atoms. The number of likely N-dealkylation sites (tertiary alicyclic amines) is 1. The molecule has 1 aliphatic heterocycles. The first-order valence-corrected chi connectivity index (χ1v) is 9.95. The highest BCUT2D eigenvalue weighted by Gasteiger charge is 2.31. The molecule has 2 aromatic heterocycles. The molecule has 1 aliphatic rings. The summed E-state index contributed by atoms with van der Waals surface area (Å²) in [5, 5.41) is 8.37. The maximum atomic E-state index is 13.4. The zero-order chi connectivity index (χ0) is 20.2. The van der Waals surface area contributed by atoms with Gasteiger partial charge in [0.2, 0.25) is 5.88 Å². The van der Waals surface area contributed by atoms with Crippen molar-refractivity contribution in [1.82, 2.24) is 24.9 Å². The Hall–Kier alpha value is -3.22. The maximum Gasteiger partial charge on any atom is 0.256 e. The summed E-state index contributed by atoms with van der Waals surface area (Å²) in [7, 11) is 0. The topological polar surface area (TPSA) is 73.1 Å². The number of nitrogens with zero attached hydrogens (tertiary/aromatic N) is 5. The second kappa shape index (κ2) is 8.43. The van der Waals surface area contributed by atoms with Gasteiger partial charge in [-0.2, -0.15) is 15.0 Å². The van der Waals surface area contributed by atoms with Gasteiger partial charge >= 0.3 is 0 Å². The number of ether oxygens (including phenoxy) is 1. The fourth-order valence-electron chi connectivity index (χ4n) is 3.73. The molecule has 150 valence electrons. The van der Waals surface area contributed by atoms with Crippen LogP contribution in [0.1, 0.15) is 35.8 Å². The van der Waals surface area contributed by atoms with E-state index in [1.54, 1.807) is 12.4 Å². The number of benzene rings is 1. The third-order valence-corrected chi connectivity index (χ3v) is 5.34. The lowest BCUT2D eigenvalue weighted by molar-refractivity contribution is 0.0502. The van der Waals surface area contributed by atoms with Gasteiger partial charge in [-0.3, -0.25) is 4.79 Å². The van der Waals surface area contributed by atoms with E-state index in [9.17, 15) is 4.79 Å². The molecule has 0 saturated carbocycles. The minimum Gasteiger partial charge on any atom is -0.477 e. The summed E-state index contributed by atoms with van der Waals surface area (Å²) in [5.41, 5.74) is 2.23. The van der Waals surface area contributed by atoms with Crippen LogP contribution in [0.2, 0.25) is 0 Å². The average Bonchev–Trinajstić information content (AvgIpc) is 3.27. The Morgan fingerprint density at radius 2 is 1.90 bits per heavy atom. The fourth-order valence-corrected chi connectivity index (χ4v) is 3.73. The summed E-state index contributed by atoms with van der Waals surface area (Å²) in [5.74, 6) is 0.910. The summed E-state index contributed by atoms with van der Waals surface area (Å²) in [6.07, 6.45) is 5.19. The Balaban J connectivity index is 1.48. The van der Waals surface area contributed by atoms with Crippen LogP contribution in [0.25, 0.3) is 5.69 Å². The fraction of sp³-hybridized carbons (Fsp3) is 0.364. The minimum atomic E-state index is 0.00350. The van der Waals surface area contributed by atoms with Crippen molar-refractivity contribution in [2.24, 2.45) is 5.92 Å². The van der Waals surface area contributed by atoms with Crippen LogP contribution in [0.5, 0.6) is 5.88 Å². The van der Waals surface area contributed by atoms with E-state index < -0.39 is 0 Å². The molecule has 1 amide bonds. The molecule has 3 heterocycles. The molecule has 7 heteroatoms. The van der Waals surface area contributed by atoms with Crippen LogP contribution in [0.15, 0.2) is 54.9 Å². The molecule has 2 atom stereocenters. The van der Waals surface area contributed by atoms with E-state index in [0.717, 1.165) is 18.5 Å². The van der Waals surface area contributed by atoms with Crippen LogP contribution in [-0.2, 0) is 0 Å². The number of hydrogen-bond acceptors (Lipinski definition) is 5. The van der Waals surface area contributed by atoms with Crippen LogP contribution in [0.3, 0.4) is 0 Å². The molecule has 0 radical (unpaired) electrons. The van der Waals surface area contributed by atoms with E-state index in [1.807, 2.05) is 54.3 Å². The third kappa shape index (κ3) is 4.29. The highest BCUT2D eigenvalue weighted by atomic mass is 16.5. The van der Waals surface area contributed by atoms with Gasteiger partial charge in [-0.15, -0.1) is 0 Å². The predicted octanol–water partition coefficient (Wildman–Crippen LogP) is 3.29. The lowest BCUT2D eigenvalue weighted by atomic mass is 9.93. The highest BCUT2D eigenvalue weighted by molar-refractivity contribution is 5.98. The molecule has 0 aliphatic carbocycles. The smallest absolute Gasteiger partial charge is 0.256 e. The Morgan fingerprint density at radius 3 is 2.69 bits per heavy atom.